The lowest BCUT2D eigenvalue weighted by atomic mass is 9.96. The van der Waals surface area contributed by atoms with Gasteiger partial charge in [0.25, 0.3) is 0 Å². The zero-order valence-corrected chi connectivity index (χ0v) is 47.6. The number of nitriles is 1. The average Bonchev–Trinajstić information content (AvgIpc) is 4.55. The lowest BCUT2D eigenvalue weighted by molar-refractivity contribution is -0.137. The van der Waals surface area contributed by atoms with Gasteiger partial charge in [0.2, 0.25) is 12.3 Å². The Morgan fingerprint density at radius 2 is 1.81 bits per heavy atom. The predicted octanol–water partition coefficient (Wildman–Crippen LogP) is 11.1. The molecule has 4 saturated heterocycles. The zero-order valence-electron chi connectivity index (χ0n) is 45.2. The number of thiophene rings is 1. The Morgan fingerprint density at radius 1 is 1.04 bits per heavy atom. The molecule has 2 bridgehead atoms. The maximum absolute atomic E-state index is 15.5. The molecule has 0 spiro atoms. The molecule has 8 heterocycles. The van der Waals surface area contributed by atoms with Crippen LogP contribution in [0.25, 0.3) is 54.6 Å². The van der Waals surface area contributed by atoms with E-state index >= 15 is 4.39 Å². The fourth-order valence-corrected chi connectivity index (χ4v) is 12.9. The molecule has 4 aromatic heterocycles. The van der Waals surface area contributed by atoms with Crippen molar-refractivity contribution in [2.24, 2.45) is 5.92 Å². The molecule has 2 amide bonds. The quantitative estimate of drug-likeness (QED) is 0.0816. The second-order valence-electron chi connectivity index (χ2n) is 21.4. The van der Waals surface area contributed by atoms with Crippen molar-refractivity contribution in [1.29, 1.82) is 5.26 Å². The minimum Gasteiger partial charge on any atom is -0.486 e. The average molecular weight is 1150 g/mol. The summed E-state index contributed by atoms with van der Waals surface area (Å²) < 4.78 is 36.4. The third-order valence-electron chi connectivity index (χ3n) is 15.7. The van der Waals surface area contributed by atoms with E-state index in [0.29, 0.717) is 93.2 Å². The number of halogens is 3. The van der Waals surface area contributed by atoms with Crippen LogP contribution in [0.1, 0.15) is 88.6 Å². The first-order valence-corrected chi connectivity index (χ1v) is 28.9. The van der Waals surface area contributed by atoms with Gasteiger partial charge in [-0.25, -0.2) is 9.07 Å². The van der Waals surface area contributed by atoms with Crippen molar-refractivity contribution >= 4 is 78.7 Å². The number of anilines is 2. The number of nitrogens with one attached hydrogen (secondary N) is 2. The van der Waals surface area contributed by atoms with Crippen LogP contribution in [0.4, 0.5) is 15.2 Å². The smallest absolute Gasteiger partial charge is 0.319 e. The summed E-state index contributed by atoms with van der Waals surface area (Å²) in [6.07, 6.45) is 8.53. The Kier molecular flexibility index (Phi) is 16.4. The monoisotopic (exact) mass is 1150 g/mol. The second-order valence-corrected chi connectivity index (χ2v) is 23.2. The van der Waals surface area contributed by atoms with E-state index in [9.17, 15) is 14.9 Å². The highest BCUT2D eigenvalue weighted by Crippen LogP contribution is 2.50. The summed E-state index contributed by atoms with van der Waals surface area (Å²) in [6.45, 7) is 11.7. The van der Waals surface area contributed by atoms with E-state index in [0.717, 1.165) is 78.2 Å². The maximum atomic E-state index is 15.5. The minimum absolute atomic E-state index is 0.00393. The lowest BCUT2D eigenvalue weighted by Crippen LogP contribution is -2.44. The van der Waals surface area contributed by atoms with Crippen molar-refractivity contribution in [1.82, 2.24) is 45.5 Å². The van der Waals surface area contributed by atoms with Crippen LogP contribution in [-0.2, 0) is 20.9 Å². The van der Waals surface area contributed by atoms with Gasteiger partial charge in [-0.1, -0.05) is 96.9 Å². The number of amides is 2. The van der Waals surface area contributed by atoms with Crippen LogP contribution in [0.5, 0.6) is 11.8 Å². The summed E-state index contributed by atoms with van der Waals surface area (Å²) in [6, 6.07) is 26.8. The van der Waals surface area contributed by atoms with Crippen molar-refractivity contribution < 1.29 is 28.2 Å². The summed E-state index contributed by atoms with van der Waals surface area (Å²) >= 11 is 14.5. The number of hydrogen-bond acceptors (Lipinski definition) is 15. The molecule has 418 valence electrons. The molecule has 4 aliphatic heterocycles. The van der Waals surface area contributed by atoms with Gasteiger partial charge in [-0.3, -0.25) is 14.6 Å². The number of carbonyl (C=O) groups is 2. The Hall–Kier alpha value is -7.47. The summed E-state index contributed by atoms with van der Waals surface area (Å²) in [5.41, 5.74) is 13.0. The highest BCUT2D eigenvalue weighted by atomic mass is 35.5. The molecule has 4 fully saturated rings. The fourth-order valence-electron chi connectivity index (χ4n) is 11.4. The number of aromatic nitrogens is 6. The molecule has 5 unspecified atom stereocenters. The molecular formula is C60H61Cl2FN12O5S. The molecule has 4 aliphatic rings. The Bertz CT molecular complexity index is 3660. The number of rotatable bonds is 15. The number of pyridine rings is 1. The van der Waals surface area contributed by atoms with Crippen molar-refractivity contribution in [2.45, 2.75) is 103 Å². The lowest BCUT2D eigenvalue weighted by Gasteiger charge is -2.30. The van der Waals surface area contributed by atoms with E-state index in [4.69, 9.17) is 53.1 Å². The standard InChI is InChI=1S/C46H48ClFN10O4S.C14H13ClN2O/c1-24(2)40(45(59)56-14-4-5-25(56)3)58-22-36(54-55-58)27-8-6-26(7-9-27)23-61-41-38(31-10-11-35(48)42-37(31)33(19-49)43(50)63-42)34(47)18-32-39(41)52-46(62-30-12-15-60-16-13-30)53-44(32)57-21-28-17-29(57)20-51-28;1-10(17-9-18)11-4-6-12(7-5-11)14-13(15)3-2-8-16-14/h6-11,18,22,24-25,28-30,40,51H,4-5,12-17,20-21,23,50H2,1-3H3;2-10H,1H3,(H,17,18). The zero-order chi connectivity index (χ0) is 56.5. The number of carbonyl (C=O) groups excluding carboxylic acids is 2. The van der Waals surface area contributed by atoms with E-state index < -0.39 is 11.9 Å². The van der Waals surface area contributed by atoms with Gasteiger partial charge in [0, 0.05) is 84.3 Å². The van der Waals surface area contributed by atoms with Gasteiger partial charge in [-0.15, -0.1) is 16.4 Å². The van der Waals surface area contributed by atoms with Crippen LogP contribution in [0, 0.1) is 23.1 Å². The highest BCUT2D eigenvalue weighted by Gasteiger charge is 2.40. The van der Waals surface area contributed by atoms with Crippen LogP contribution < -0.4 is 30.7 Å². The summed E-state index contributed by atoms with van der Waals surface area (Å²) in [5, 5.41) is 27.7. The van der Waals surface area contributed by atoms with Gasteiger partial charge in [0.05, 0.1) is 51.5 Å². The van der Waals surface area contributed by atoms with Crippen molar-refractivity contribution in [2.75, 3.05) is 43.5 Å². The largest absolute Gasteiger partial charge is 0.486 e. The number of nitrogens with zero attached hydrogens (tertiary/aromatic N) is 9. The first-order valence-electron chi connectivity index (χ1n) is 27.3. The van der Waals surface area contributed by atoms with Crippen molar-refractivity contribution in [3.8, 4) is 51.5 Å². The number of fused-ring (bicyclic) bond motifs is 4. The fraction of sp³-hybridized carbons (Fsp3) is 0.367. The van der Waals surface area contributed by atoms with Gasteiger partial charge < -0.3 is 40.4 Å². The van der Waals surface area contributed by atoms with Gasteiger partial charge >= 0.3 is 6.01 Å². The van der Waals surface area contributed by atoms with E-state index in [1.54, 1.807) is 23.0 Å². The number of ether oxygens (including phenoxy) is 3. The predicted molar refractivity (Wildman–Crippen MR) is 313 cm³/mol. The van der Waals surface area contributed by atoms with Gasteiger partial charge in [0.15, 0.2) is 5.75 Å². The maximum Gasteiger partial charge on any atom is 0.319 e. The summed E-state index contributed by atoms with van der Waals surface area (Å²) in [4.78, 5) is 42.7. The van der Waals surface area contributed by atoms with Crippen LogP contribution in [0.2, 0.25) is 10.0 Å². The minimum atomic E-state index is -0.492. The molecule has 12 rings (SSSR count). The molecular weight excluding hydrogens is 1090 g/mol. The Morgan fingerprint density at radius 3 is 2.49 bits per heavy atom. The number of nitrogens with two attached hydrogens (primary N) is 1. The van der Waals surface area contributed by atoms with Crippen molar-refractivity contribution in [3.05, 3.63) is 124 Å². The van der Waals surface area contributed by atoms with Gasteiger partial charge in [-0.05, 0) is 80.0 Å². The van der Waals surface area contributed by atoms with E-state index in [1.807, 2.05) is 92.5 Å². The number of piperazine rings is 1. The number of benzene rings is 4. The van der Waals surface area contributed by atoms with Gasteiger partial charge in [-0.2, -0.15) is 15.2 Å². The van der Waals surface area contributed by atoms with Crippen LogP contribution in [-0.4, -0.2) is 104 Å². The number of hydrogen-bond donors (Lipinski definition) is 3. The third kappa shape index (κ3) is 11.3. The first kappa shape index (κ1) is 55.4. The molecule has 0 aliphatic carbocycles. The van der Waals surface area contributed by atoms with Gasteiger partial charge in [0.1, 0.15) is 52.7 Å². The summed E-state index contributed by atoms with van der Waals surface area (Å²) in [7, 11) is 0. The molecule has 8 aromatic rings. The van der Waals surface area contributed by atoms with E-state index in [-0.39, 0.29) is 63.9 Å². The summed E-state index contributed by atoms with van der Waals surface area (Å²) in [5.74, 6) is 0.641. The first-order chi connectivity index (χ1) is 39.3. The van der Waals surface area contributed by atoms with E-state index in [1.165, 1.54) is 6.07 Å². The van der Waals surface area contributed by atoms with E-state index in [2.05, 4.69) is 43.8 Å². The normalized spacial score (nSPS) is 18.7. The number of nitrogen functional groups attached to an aromatic ring is 1. The molecule has 5 atom stereocenters. The molecule has 0 radical (unpaired) electrons. The van der Waals surface area contributed by atoms with Crippen LogP contribution >= 0.6 is 34.5 Å². The number of likely N-dealkylation sites (tertiary alicyclic amines) is 1. The molecule has 21 heteroatoms. The Balaban J connectivity index is 0.000000326. The molecule has 17 nitrogen and oxygen atoms in total. The van der Waals surface area contributed by atoms with Crippen molar-refractivity contribution in [3.63, 3.8) is 0 Å². The molecule has 81 heavy (non-hydrogen) atoms. The highest BCUT2D eigenvalue weighted by molar-refractivity contribution is 7.23. The topological polar surface area (TPSA) is 212 Å². The molecule has 4 N–H and O–H groups in total. The van der Waals surface area contributed by atoms with Crippen LogP contribution in [0.3, 0.4) is 0 Å². The SMILES string of the molecule is CC(C)C(C(=O)N1CCCC1C)n1cc(-c2ccc(COc3c(-c4ccc(F)c5sc(N)c(C#N)c45)c(Cl)cc4c(N5CC6CC5CN6)nc(OC5CCOCC5)nc34)cc2)nn1.CC(NC=O)c1ccc(-c2ncccc2Cl)cc1. The Labute approximate surface area is 482 Å². The molecule has 4 aromatic carbocycles. The second kappa shape index (κ2) is 23.9. The van der Waals surface area contributed by atoms with Crippen LogP contribution in [0.15, 0.2) is 91.3 Å². The third-order valence-corrected chi connectivity index (χ3v) is 17.4. The molecule has 0 saturated carbocycles.